The quantitative estimate of drug-likeness (QED) is 0.148. The van der Waals surface area contributed by atoms with Gasteiger partial charge in [-0.2, -0.15) is 0 Å². The Morgan fingerprint density at radius 1 is 0.441 bits per heavy atom. The Balaban J connectivity index is 1.15. The van der Waals surface area contributed by atoms with Crippen LogP contribution in [0.3, 0.4) is 0 Å². The van der Waals surface area contributed by atoms with Crippen molar-refractivity contribution in [2.24, 2.45) is 0 Å². The van der Waals surface area contributed by atoms with Gasteiger partial charge in [0.1, 0.15) is 0 Å². The van der Waals surface area contributed by atoms with Crippen molar-refractivity contribution >= 4 is 68.6 Å². The van der Waals surface area contributed by atoms with Crippen LogP contribution in [-0.4, -0.2) is 12.3 Å². The monoisotopic (exact) mass is 875 g/mol. The third kappa shape index (κ3) is 6.13. The molecular formula is C64H54BN3. The maximum atomic E-state index is 2.87. The van der Waals surface area contributed by atoms with Gasteiger partial charge in [-0.15, -0.1) is 0 Å². The number of benzene rings is 9. The van der Waals surface area contributed by atoms with E-state index in [0.29, 0.717) is 0 Å². The van der Waals surface area contributed by atoms with Crippen LogP contribution in [0, 0.1) is 13.8 Å². The Kier molecular flexibility index (Phi) is 9.28. The molecule has 0 N–H and O–H groups in total. The van der Waals surface area contributed by atoms with Gasteiger partial charge in [-0.05, 0) is 150 Å². The standard InChI is InChI=1S/C64H54BN3/c1-43-22-29-51(30-23-43)66(52-31-24-44(2)25-32-52)54-41-59-61-60(42-54)68-62-55(63(3)36-14-15-37-64(63,68)4)38-50(47-20-12-7-13-21-47)40-57(62)65(61)56-39-49(46-18-10-6-11-19-46)28-35-58(56)67(59)53-33-26-48(27-34-53)45-16-8-5-9-17-45/h5-13,16-35,38-42H,14-15,36-37H2,1-4H3. The number of aryl methyl sites for hydroxylation is 2. The summed E-state index contributed by atoms with van der Waals surface area (Å²) in [5.74, 6) is 0. The van der Waals surface area contributed by atoms with Crippen molar-refractivity contribution in [3.8, 4) is 33.4 Å². The SMILES string of the molecule is Cc1ccc(N(c2ccc(C)cc2)c2cc3c4c(c2)N2c5c(cc(-c6ccccc6)cc5C5(C)CCCCC25C)B4c2cc(-c4ccccc4)ccc2N3c2ccc(-c3ccccc3)cc2)cc1. The van der Waals surface area contributed by atoms with E-state index in [4.69, 9.17) is 0 Å². The van der Waals surface area contributed by atoms with Gasteiger partial charge >= 0.3 is 0 Å². The molecule has 2 atom stereocenters. The van der Waals surface area contributed by atoms with Gasteiger partial charge in [-0.1, -0.05) is 176 Å². The molecule has 3 nitrogen and oxygen atoms in total. The Morgan fingerprint density at radius 3 is 1.57 bits per heavy atom. The second-order valence-corrected chi connectivity index (χ2v) is 20.2. The molecule has 68 heavy (non-hydrogen) atoms. The molecular weight excluding hydrogens is 822 g/mol. The minimum Gasteiger partial charge on any atom is -0.335 e. The Hall–Kier alpha value is -7.56. The molecule has 0 amide bonds. The highest BCUT2D eigenvalue weighted by atomic mass is 15.3. The van der Waals surface area contributed by atoms with Crippen molar-refractivity contribution in [2.75, 3.05) is 14.7 Å². The molecule has 9 aromatic rings. The number of hydrogen-bond donors (Lipinski definition) is 0. The number of anilines is 8. The van der Waals surface area contributed by atoms with Crippen molar-refractivity contribution < 1.29 is 0 Å². The normalized spacial score (nSPS) is 18.4. The predicted molar refractivity (Wildman–Crippen MR) is 289 cm³/mol. The van der Waals surface area contributed by atoms with Crippen molar-refractivity contribution in [2.45, 2.75) is 64.3 Å². The van der Waals surface area contributed by atoms with Crippen LogP contribution in [0.2, 0.25) is 0 Å². The highest BCUT2D eigenvalue weighted by Gasteiger charge is 2.61. The average molecular weight is 876 g/mol. The maximum Gasteiger partial charge on any atom is 0.252 e. The van der Waals surface area contributed by atoms with E-state index < -0.39 is 0 Å². The molecule has 0 bridgehead atoms. The maximum absolute atomic E-state index is 2.87. The highest BCUT2D eigenvalue weighted by molar-refractivity contribution is 7.00. The fourth-order valence-electron chi connectivity index (χ4n) is 12.6. The van der Waals surface area contributed by atoms with Crippen LogP contribution in [0.25, 0.3) is 33.4 Å². The summed E-state index contributed by atoms with van der Waals surface area (Å²) in [6, 6.07) is 77.8. The topological polar surface area (TPSA) is 9.72 Å². The number of hydrogen-bond acceptors (Lipinski definition) is 3. The first-order chi connectivity index (χ1) is 33.3. The molecule has 0 spiro atoms. The Morgan fingerprint density at radius 2 is 0.956 bits per heavy atom. The summed E-state index contributed by atoms with van der Waals surface area (Å²) in [6.45, 7) is 9.54. The van der Waals surface area contributed by atoms with Gasteiger partial charge in [0.05, 0.1) is 11.2 Å². The molecule has 1 aliphatic carbocycles. The van der Waals surface area contributed by atoms with Gasteiger partial charge in [-0.25, -0.2) is 0 Å². The zero-order valence-corrected chi connectivity index (χ0v) is 39.4. The summed E-state index contributed by atoms with van der Waals surface area (Å²) in [5, 5.41) is 0. The molecule has 0 radical (unpaired) electrons. The molecule has 0 saturated heterocycles. The van der Waals surface area contributed by atoms with E-state index in [0.717, 1.165) is 35.6 Å². The summed E-state index contributed by atoms with van der Waals surface area (Å²) in [4.78, 5) is 7.95. The smallest absolute Gasteiger partial charge is 0.252 e. The van der Waals surface area contributed by atoms with E-state index in [1.54, 1.807) is 0 Å². The van der Waals surface area contributed by atoms with E-state index in [9.17, 15) is 0 Å². The van der Waals surface area contributed by atoms with Gasteiger partial charge in [0.15, 0.2) is 0 Å². The lowest BCUT2D eigenvalue weighted by Crippen LogP contribution is -2.64. The first-order valence-electron chi connectivity index (χ1n) is 24.6. The lowest BCUT2D eigenvalue weighted by molar-refractivity contribution is 0.195. The molecule has 1 fully saturated rings. The van der Waals surface area contributed by atoms with Crippen LogP contribution in [-0.2, 0) is 5.41 Å². The Bertz CT molecular complexity index is 3340. The van der Waals surface area contributed by atoms with Crippen LogP contribution in [0.5, 0.6) is 0 Å². The zero-order valence-electron chi connectivity index (χ0n) is 39.4. The first kappa shape index (κ1) is 40.7. The fraction of sp³-hybridized carbons (Fsp3) is 0.156. The second kappa shape index (κ2) is 15.5. The predicted octanol–water partition coefficient (Wildman–Crippen LogP) is 15.1. The molecule has 1 saturated carbocycles. The molecule has 4 aliphatic rings. The first-order valence-corrected chi connectivity index (χ1v) is 24.6. The summed E-state index contributed by atoms with van der Waals surface area (Å²) >= 11 is 0. The molecule has 2 unspecified atom stereocenters. The molecule has 13 rings (SSSR count). The summed E-state index contributed by atoms with van der Waals surface area (Å²) < 4.78 is 0. The van der Waals surface area contributed by atoms with E-state index in [-0.39, 0.29) is 17.7 Å². The number of nitrogens with zero attached hydrogens (tertiary/aromatic N) is 3. The average Bonchev–Trinajstić information content (AvgIpc) is 3.60. The van der Waals surface area contributed by atoms with Crippen LogP contribution in [0.15, 0.2) is 206 Å². The Labute approximate surface area is 402 Å². The largest absolute Gasteiger partial charge is 0.335 e. The number of rotatable bonds is 7. The molecule has 0 aromatic heterocycles. The van der Waals surface area contributed by atoms with Crippen molar-refractivity contribution in [1.82, 2.24) is 0 Å². The van der Waals surface area contributed by atoms with Crippen LogP contribution in [0.1, 0.15) is 56.2 Å². The number of fused-ring (bicyclic) bond motifs is 7. The third-order valence-corrected chi connectivity index (χ3v) is 16.3. The lowest BCUT2D eigenvalue weighted by Gasteiger charge is -2.53. The lowest BCUT2D eigenvalue weighted by atomic mass is 9.33. The van der Waals surface area contributed by atoms with E-state index >= 15 is 0 Å². The summed E-state index contributed by atoms with van der Waals surface area (Å²) in [7, 11) is 0. The van der Waals surface area contributed by atoms with Crippen LogP contribution in [0.4, 0.5) is 45.5 Å². The summed E-state index contributed by atoms with van der Waals surface area (Å²) in [6.07, 6.45) is 4.73. The van der Waals surface area contributed by atoms with Crippen LogP contribution < -0.4 is 31.1 Å². The van der Waals surface area contributed by atoms with E-state index in [1.807, 2.05) is 0 Å². The van der Waals surface area contributed by atoms with Crippen molar-refractivity contribution in [1.29, 1.82) is 0 Å². The molecule has 9 aromatic carbocycles. The van der Waals surface area contributed by atoms with Gasteiger partial charge in [0.2, 0.25) is 0 Å². The van der Waals surface area contributed by atoms with Gasteiger partial charge in [0, 0.05) is 45.2 Å². The minimum absolute atomic E-state index is 0.0132. The van der Waals surface area contributed by atoms with Gasteiger partial charge in [-0.3, -0.25) is 0 Å². The van der Waals surface area contributed by atoms with Crippen molar-refractivity contribution in [3.63, 3.8) is 0 Å². The minimum atomic E-state index is -0.151. The molecule has 328 valence electrons. The van der Waals surface area contributed by atoms with E-state index in [1.165, 1.54) is 102 Å². The highest BCUT2D eigenvalue weighted by Crippen LogP contribution is 2.63. The van der Waals surface area contributed by atoms with Crippen LogP contribution >= 0.6 is 0 Å². The second-order valence-electron chi connectivity index (χ2n) is 20.2. The van der Waals surface area contributed by atoms with E-state index in [2.05, 4.69) is 249 Å². The fourth-order valence-corrected chi connectivity index (χ4v) is 12.6. The van der Waals surface area contributed by atoms with Gasteiger partial charge in [0.25, 0.3) is 6.71 Å². The van der Waals surface area contributed by atoms with Gasteiger partial charge < -0.3 is 14.7 Å². The molecule has 3 heterocycles. The molecule has 4 heteroatoms. The third-order valence-electron chi connectivity index (χ3n) is 16.3. The zero-order chi connectivity index (χ0) is 45.7. The van der Waals surface area contributed by atoms with Crippen molar-refractivity contribution in [3.05, 3.63) is 223 Å². The summed E-state index contributed by atoms with van der Waals surface area (Å²) in [5.41, 5.74) is 25.2. The molecule has 3 aliphatic heterocycles.